The lowest BCUT2D eigenvalue weighted by Crippen LogP contribution is -2.23. The third-order valence-electron chi connectivity index (χ3n) is 2.83. The Morgan fingerprint density at radius 1 is 1.32 bits per heavy atom. The Hall–Kier alpha value is -0.970. The Morgan fingerprint density at radius 2 is 2.16 bits per heavy atom. The highest BCUT2D eigenvalue weighted by Gasteiger charge is 2.14. The summed E-state index contributed by atoms with van der Waals surface area (Å²) in [5.74, 6) is 0. The van der Waals surface area contributed by atoms with Crippen LogP contribution in [0.3, 0.4) is 0 Å². The smallest absolute Gasteiger partial charge is 0.0637 e. The molecule has 1 unspecified atom stereocenters. The molecule has 19 heavy (non-hydrogen) atoms. The zero-order valence-corrected chi connectivity index (χ0v) is 12.9. The van der Waals surface area contributed by atoms with Gasteiger partial charge in [-0.3, -0.25) is 9.97 Å². The first-order valence-electron chi connectivity index (χ1n) is 6.13. The van der Waals surface area contributed by atoms with E-state index in [0.29, 0.717) is 5.02 Å². The molecule has 0 bridgehead atoms. The van der Waals surface area contributed by atoms with Crippen LogP contribution in [0.5, 0.6) is 0 Å². The summed E-state index contributed by atoms with van der Waals surface area (Å²) in [6.07, 6.45) is 7.95. The second-order valence-corrected chi connectivity index (χ2v) is 5.55. The predicted octanol–water partition coefficient (Wildman–Crippen LogP) is 3.79. The van der Waals surface area contributed by atoms with Gasteiger partial charge in [0.15, 0.2) is 0 Å². The number of hydrogen-bond acceptors (Lipinski definition) is 3. The maximum Gasteiger partial charge on any atom is 0.0637 e. The molecule has 2 aromatic rings. The van der Waals surface area contributed by atoms with Crippen molar-refractivity contribution < 1.29 is 0 Å². The third-order valence-corrected chi connectivity index (χ3v) is 3.58. The van der Waals surface area contributed by atoms with Gasteiger partial charge in [0.2, 0.25) is 0 Å². The molecule has 0 radical (unpaired) electrons. The van der Waals surface area contributed by atoms with Crippen molar-refractivity contribution in [1.82, 2.24) is 15.3 Å². The molecule has 0 aliphatic heterocycles. The Kier molecular flexibility index (Phi) is 5.31. The Bertz CT molecular complexity index is 548. The molecule has 2 heterocycles. The van der Waals surface area contributed by atoms with E-state index in [4.69, 9.17) is 11.6 Å². The molecule has 2 rings (SSSR count). The zero-order chi connectivity index (χ0) is 13.7. The monoisotopic (exact) mass is 339 g/mol. The molecule has 0 fully saturated rings. The Balaban J connectivity index is 2.24. The molecule has 0 aromatic carbocycles. The average Bonchev–Trinajstić information content (AvgIpc) is 2.39. The minimum atomic E-state index is 0.164. The van der Waals surface area contributed by atoms with Gasteiger partial charge in [-0.2, -0.15) is 0 Å². The summed E-state index contributed by atoms with van der Waals surface area (Å²) >= 11 is 9.67. The van der Waals surface area contributed by atoms with Crippen molar-refractivity contribution in [2.24, 2.45) is 0 Å². The second kappa shape index (κ2) is 6.98. The number of hydrogen-bond donors (Lipinski definition) is 1. The number of rotatable bonds is 5. The van der Waals surface area contributed by atoms with Gasteiger partial charge in [0.05, 0.1) is 5.02 Å². The van der Waals surface area contributed by atoms with Crippen molar-refractivity contribution >= 4 is 27.5 Å². The highest BCUT2D eigenvalue weighted by atomic mass is 79.9. The first-order valence-corrected chi connectivity index (χ1v) is 7.30. The normalized spacial score (nSPS) is 12.4. The van der Waals surface area contributed by atoms with Crippen LogP contribution >= 0.6 is 27.5 Å². The molecule has 0 spiro atoms. The number of aromatic nitrogens is 2. The van der Waals surface area contributed by atoms with Gasteiger partial charge in [0.25, 0.3) is 0 Å². The fraction of sp³-hybridized carbons (Fsp3) is 0.286. The molecule has 0 amide bonds. The number of likely N-dealkylation sites (N-methyl/N-ethyl adjacent to an activating group) is 1. The fourth-order valence-corrected chi connectivity index (χ4v) is 2.67. The average molecular weight is 341 g/mol. The molecule has 0 aliphatic carbocycles. The molecule has 0 saturated carbocycles. The second-order valence-electron chi connectivity index (χ2n) is 4.22. The van der Waals surface area contributed by atoms with Crippen molar-refractivity contribution in [3.8, 4) is 0 Å². The van der Waals surface area contributed by atoms with Gasteiger partial charge in [0, 0.05) is 35.3 Å². The molecule has 2 aromatic heterocycles. The van der Waals surface area contributed by atoms with Crippen LogP contribution in [0.25, 0.3) is 0 Å². The number of halogens is 2. The Morgan fingerprint density at radius 3 is 2.84 bits per heavy atom. The summed E-state index contributed by atoms with van der Waals surface area (Å²) in [6, 6.07) is 4.20. The van der Waals surface area contributed by atoms with E-state index in [0.717, 1.165) is 28.6 Å². The summed E-state index contributed by atoms with van der Waals surface area (Å²) in [5.41, 5.74) is 2.23. The topological polar surface area (TPSA) is 37.8 Å². The lowest BCUT2D eigenvalue weighted by Gasteiger charge is -2.19. The van der Waals surface area contributed by atoms with Crippen molar-refractivity contribution in [3.05, 3.63) is 57.5 Å². The first-order chi connectivity index (χ1) is 9.20. The maximum absolute atomic E-state index is 6.22. The predicted molar refractivity (Wildman–Crippen MR) is 81.3 cm³/mol. The van der Waals surface area contributed by atoms with E-state index >= 15 is 0 Å². The van der Waals surface area contributed by atoms with E-state index in [1.54, 1.807) is 18.6 Å². The maximum atomic E-state index is 6.22. The summed E-state index contributed by atoms with van der Waals surface area (Å²) in [5, 5.41) is 4.14. The van der Waals surface area contributed by atoms with E-state index in [2.05, 4.69) is 44.2 Å². The lowest BCUT2D eigenvalue weighted by atomic mass is 10.0. The van der Waals surface area contributed by atoms with E-state index in [1.807, 2.05) is 12.3 Å². The molecule has 5 heteroatoms. The Labute approximate surface area is 126 Å². The van der Waals surface area contributed by atoms with Gasteiger partial charge in [-0.25, -0.2) is 0 Å². The van der Waals surface area contributed by atoms with Crippen molar-refractivity contribution in [1.29, 1.82) is 0 Å². The van der Waals surface area contributed by atoms with E-state index in [-0.39, 0.29) is 6.04 Å². The van der Waals surface area contributed by atoms with E-state index in [9.17, 15) is 0 Å². The van der Waals surface area contributed by atoms with Gasteiger partial charge in [-0.1, -0.05) is 18.5 Å². The minimum Gasteiger partial charge on any atom is -0.310 e. The van der Waals surface area contributed by atoms with Gasteiger partial charge in [0.1, 0.15) is 0 Å². The van der Waals surface area contributed by atoms with Gasteiger partial charge in [-0.15, -0.1) is 0 Å². The van der Waals surface area contributed by atoms with Crippen LogP contribution in [0, 0.1) is 0 Å². The van der Waals surface area contributed by atoms with Crippen LogP contribution in [0.2, 0.25) is 5.02 Å². The van der Waals surface area contributed by atoms with E-state index in [1.165, 1.54) is 0 Å². The number of nitrogens with one attached hydrogen (secondary N) is 1. The molecule has 1 N–H and O–H groups in total. The van der Waals surface area contributed by atoms with Crippen LogP contribution in [0.1, 0.15) is 24.1 Å². The third kappa shape index (κ3) is 4.00. The lowest BCUT2D eigenvalue weighted by molar-refractivity contribution is 0.548. The SMILES string of the molecule is CCNC(Cc1cncc(Br)c1)c1ccncc1Cl. The van der Waals surface area contributed by atoms with Crippen molar-refractivity contribution in [2.45, 2.75) is 19.4 Å². The molecule has 0 aliphatic rings. The van der Waals surface area contributed by atoms with Gasteiger partial charge in [-0.05, 0) is 52.2 Å². The molecule has 1 atom stereocenters. The number of nitrogens with zero attached hydrogens (tertiary/aromatic N) is 2. The van der Waals surface area contributed by atoms with Crippen LogP contribution in [0.15, 0.2) is 41.4 Å². The molecular weight excluding hydrogens is 326 g/mol. The zero-order valence-electron chi connectivity index (χ0n) is 10.6. The van der Waals surface area contributed by atoms with Crippen LogP contribution in [0.4, 0.5) is 0 Å². The summed E-state index contributed by atoms with van der Waals surface area (Å²) in [6.45, 7) is 2.96. The molecular formula is C14H15BrClN3. The van der Waals surface area contributed by atoms with Crippen molar-refractivity contribution in [3.63, 3.8) is 0 Å². The van der Waals surface area contributed by atoms with Crippen molar-refractivity contribution in [2.75, 3.05) is 6.54 Å². The summed E-state index contributed by atoms with van der Waals surface area (Å²) in [4.78, 5) is 8.22. The molecule has 0 saturated heterocycles. The van der Waals surface area contributed by atoms with E-state index < -0.39 is 0 Å². The highest BCUT2D eigenvalue weighted by Crippen LogP contribution is 2.25. The summed E-state index contributed by atoms with van der Waals surface area (Å²) in [7, 11) is 0. The van der Waals surface area contributed by atoms with Gasteiger partial charge >= 0.3 is 0 Å². The first kappa shape index (κ1) is 14.4. The molecule has 3 nitrogen and oxygen atoms in total. The molecule has 100 valence electrons. The quantitative estimate of drug-likeness (QED) is 0.900. The van der Waals surface area contributed by atoms with Crippen LogP contribution in [-0.4, -0.2) is 16.5 Å². The highest BCUT2D eigenvalue weighted by molar-refractivity contribution is 9.10. The fourth-order valence-electron chi connectivity index (χ4n) is 2.01. The van der Waals surface area contributed by atoms with Crippen LogP contribution < -0.4 is 5.32 Å². The minimum absolute atomic E-state index is 0.164. The number of pyridine rings is 2. The van der Waals surface area contributed by atoms with Gasteiger partial charge < -0.3 is 5.32 Å². The van der Waals surface area contributed by atoms with Crippen LogP contribution in [-0.2, 0) is 6.42 Å². The standard InChI is InChI=1S/C14H15BrClN3/c1-2-19-14(12-3-4-17-9-13(12)16)6-10-5-11(15)8-18-7-10/h3-5,7-9,14,19H,2,6H2,1H3. The summed E-state index contributed by atoms with van der Waals surface area (Å²) < 4.78 is 0.987. The largest absolute Gasteiger partial charge is 0.310 e.